The number of aliphatic imine (C=N–C) groups is 3. The second-order valence-corrected chi connectivity index (χ2v) is 11.8. The van der Waals surface area contributed by atoms with Gasteiger partial charge < -0.3 is 5.73 Å². The molecule has 2 aliphatic rings. The molecule has 0 saturated carbocycles. The van der Waals surface area contributed by atoms with E-state index in [-0.39, 0.29) is 5.92 Å². The number of hydrogen-bond donors (Lipinski definition) is 1. The quantitative estimate of drug-likeness (QED) is 0.159. The Morgan fingerprint density at radius 3 is 2.32 bits per heavy atom. The van der Waals surface area contributed by atoms with Crippen LogP contribution in [0.25, 0.3) is 11.1 Å². The minimum Gasteiger partial charge on any atom is -0.397 e. The molecule has 0 saturated heterocycles. The number of nitrogens with two attached hydrogens (primary N) is 1. The summed E-state index contributed by atoms with van der Waals surface area (Å²) in [7, 11) is 0. The van der Waals surface area contributed by atoms with Crippen LogP contribution in [0.15, 0.2) is 173 Å². The number of allylic oxidation sites excluding steroid dienone is 8. The van der Waals surface area contributed by atoms with Crippen molar-refractivity contribution in [1.82, 2.24) is 0 Å². The summed E-state index contributed by atoms with van der Waals surface area (Å²) in [5, 5.41) is 19.0. The Morgan fingerprint density at radius 1 is 0.820 bits per heavy atom. The first-order valence-corrected chi connectivity index (χ1v) is 16.2. The van der Waals surface area contributed by atoms with E-state index in [1.165, 1.54) is 0 Å². The Kier molecular flexibility index (Phi) is 10.1. The van der Waals surface area contributed by atoms with Gasteiger partial charge in [-0.15, -0.1) is 0 Å². The van der Waals surface area contributed by atoms with Gasteiger partial charge in [0.05, 0.1) is 64.0 Å². The molecule has 1 heterocycles. The van der Waals surface area contributed by atoms with Crippen molar-refractivity contribution < 1.29 is 0 Å². The first-order valence-electron chi connectivity index (χ1n) is 16.2. The van der Waals surface area contributed by atoms with Gasteiger partial charge in [-0.3, -0.25) is 4.99 Å². The summed E-state index contributed by atoms with van der Waals surface area (Å²) in [6, 6.07) is 34.8. The van der Waals surface area contributed by atoms with Crippen molar-refractivity contribution in [3.63, 3.8) is 0 Å². The molecule has 4 aromatic carbocycles. The van der Waals surface area contributed by atoms with Crippen LogP contribution in [-0.4, -0.2) is 23.7 Å². The number of nitrogen functional groups attached to an aromatic ring is 1. The maximum Gasteiger partial charge on any atom is 0.0991 e. The zero-order valence-corrected chi connectivity index (χ0v) is 27.5. The maximum atomic E-state index is 9.56. The van der Waals surface area contributed by atoms with E-state index in [0.29, 0.717) is 51.7 Å². The van der Waals surface area contributed by atoms with E-state index in [4.69, 9.17) is 20.7 Å². The van der Waals surface area contributed by atoms with Crippen LogP contribution in [0.3, 0.4) is 0 Å². The van der Waals surface area contributed by atoms with E-state index in [1.54, 1.807) is 12.1 Å². The van der Waals surface area contributed by atoms with Crippen LogP contribution in [0, 0.1) is 28.6 Å². The first kappa shape index (κ1) is 33.0. The maximum absolute atomic E-state index is 9.56. The van der Waals surface area contributed by atoms with Crippen LogP contribution >= 0.6 is 0 Å². The number of nitriles is 2. The topological polar surface area (TPSA) is 111 Å². The molecular weight excluding hydrogens is 613 g/mol. The molecular formula is C44H34N6. The van der Waals surface area contributed by atoms with E-state index in [1.807, 2.05) is 109 Å². The summed E-state index contributed by atoms with van der Waals surface area (Å²) < 4.78 is 0. The summed E-state index contributed by atoms with van der Waals surface area (Å²) in [6.07, 6.45) is 15.0. The average molecular weight is 647 g/mol. The standard InChI is InChI=1S/C44H34N6/c1-30-19-20-34(23-24-48-43(36-15-7-4-8-16-36)44(49-30)39-18-10-12-33(26-39)29-46)38-21-22-41(40(47)27-38)50-42(35-13-5-3-6-14-35)31(2)37-17-9-11-32(25-37)28-45/h3-15,17-23,25-27,36H,1-2,16,24,47H2/b20-19-,34-23+,48-43-,49-44-,50-42+/t36-/m0/s1. The fourth-order valence-corrected chi connectivity index (χ4v) is 5.82. The smallest absolute Gasteiger partial charge is 0.0991 e. The molecule has 1 aliphatic heterocycles. The molecule has 0 bridgehead atoms. The van der Waals surface area contributed by atoms with E-state index in [2.05, 4.69) is 43.5 Å². The summed E-state index contributed by atoms with van der Waals surface area (Å²) in [5.74, 6) is 0.0290. The molecule has 4 aromatic rings. The van der Waals surface area contributed by atoms with Crippen molar-refractivity contribution in [2.45, 2.75) is 6.42 Å². The van der Waals surface area contributed by atoms with Gasteiger partial charge in [-0.2, -0.15) is 10.5 Å². The van der Waals surface area contributed by atoms with Gasteiger partial charge in [0.15, 0.2) is 0 Å². The Bertz CT molecular complexity index is 2280. The molecule has 0 spiro atoms. The largest absolute Gasteiger partial charge is 0.397 e. The van der Waals surface area contributed by atoms with E-state index < -0.39 is 0 Å². The fourth-order valence-electron chi connectivity index (χ4n) is 5.82. The van der Waals surface area contributed by atoms with Crippen molar-refractivity contribution >= 4 is 39.7 Å². The number of hydrogen-bond acceptors (Lipinski definition) is 6. The predicted octanol–water partition coefficient (Wildman–Crippen LogP) is 9.38. The molecule has 2 N–H and O–H groups in total. The van der Waals surface area contributed by atoms with E-state index >= 15 is 0 Å². The molecule has 240 valence electrons. The van der Waals surface area contributed by atoms with Crippen LogP contribution in [-0.2, 0) is 0 Å². The van der Waals surface area contributed by atoms with Gasteiger partial charge in [0.1, 0.15) is 0 Å². The van der Waals surface area contributed by atoms with Gasteiger partial charge in [-0.25, -0.2) is 9.98 Å². The van der Waals surface area contributed by atoms with Crippen molar-refractivity contribution in [2.24, 2.45) is 20.9 Å². The summed E-state index contributed by atoms with van der Waals surface area (Å²) in [4.78, 5) is 15.1. The summed E-state index contributed by atoms with van der Waals surface area (Å²) in [6.45, 7) is 9.00. The minimum atomic E-state index is 0.0290. The lowest BCUT2D eigenvalue weighted by molar-refractivity contribution is 0.870. The van der Waals surface area contributed by atoms with Crippen LogP contribution < -0.4 is 5.73 Å². The molecule has 1 aliphatic carbocycles. The highest BCUT2D eigenvalue weighted by atomic mass is 14.8. The molecule has 1 atom stereocenters. The van der Waals surface area contributed by atoms with Crippen LogP contribution in [0.2, 0.25) is 0 Å². The molecule has 6 heteroatoms. The van der Waals surface area contributed by atoms with E-state index in [9.17, 15) is 10.5 Å². The number of anilines is 1. The second-order valence-electron chi connectivity index (χ2n) is 11.8. The van der Waals surface area contributed by atoms with Crippen molar-refractivity contribution in [3.8, 4) is 12.1 Å². The number of benzene rings is 4. The molecule has 0 amide bonds. The summed E-state index contributed by atoms with van der Waals surface area (Å²) >= 11 is 0. The molecule has 6 rings (SSSR count). The van der Waals surface area contributed by atoms with Crippen LogP contribution in [0.5, 0.6) is 0 Å². The normalized spacial score (nSPS) is 19.8. The molecule has 0 unspecified atom stereocenters. The van der Waals surface area contributed by atoms with Crippen LogP contribution in [0.4, 0.5) is 11.4 Å². The molecule has 0 aromatic heterocycles. The lowest BCUT2D eigenvalue weighted by Crippen LogP contribution is -2.25. The zero-order valence-electron chi connectivity index (χ0n) is 27.5. The third-order valence-electron chi connectivity index (χ3n) is 8.39. The van der Waals surface area contributed by atoms with Gasteiger partial charge in [-0.1, -0.05) is 110 Å². The fraction of sp³-hybridized carbons (Fsp3) is 0.0682. The third-order valence-corrected chi connectivity index (χ3v) is 8.39. The van der Waals surface area contributed by atoms with Gasteiger partial charge in [0, 0.05) is 22.6 Å². The predicted molar refractivity (Wildman–Crippen MR) is 206 cm³/mol. The Morgan fingerprint density at radius 2 is 1.58 bits per heavy atom. The lowest BCUT2D eigenvalue weighted by Gasteiger charge is -2.19. The number of rotatable bonds is 7. The van der Waals surface area contributed by atoms with Crippen molar-refractivity contribution in [1.29, 1.82) is 10.5 Å². The zero-order chi connectivity index (χ0) is 34.9. The van der Waals surface area contributed by atoms with E-state index in [0.717, 1.165) is 40.0 Å². The molecule has 0 fully saturated rings. The Balaban J connectivity index is 1.36. The van der Waals surface area contributed by atoms with Crippen molar-refractivity contribution in [2.75, 3.05) is 12.3 Å². The highest BCUT2D eigenvalue weighted by Crippen LogP contribution is 2.31. The monoisotopic (exact) mass is 646 g/mol. The van der Waals surface area contributed by atoms with Crippen LogP contribution in [0.1, 0.15) is 39.8 Å². The first-order chi connectivity index (χ1) is 24.4. The van der Waals surface area contributed by atoms with Gasteiger partial charge in [-0.05, 0) is 65.6 Å². The highest BCUT2D eigenvalue weighted by Gasteiger charge is 2.22. The summed E-state index contributed by atoms with van der Waals surface area (Å²) in [5.41, 5.74) is 16.7. The van der Waals surface area contributed by atoms with Gasteiger partial charge in [0.25, 0.3) is 0 Å². The van der Waals surface area contributed by atoms with Gasteiger partial charge >= 0.3 is 0 Å². The minimum absolute atomic E-state index is 0.0290. The van der Waals surface area contributed by atoms with Crippen molar-refractivity contribution in [3.05, 3.63) is 192 Å². The molecule has 50 heavy (non-hydrogen) atoms. The van der Waals surface area contributed by atoms with Gasteiger partial charge in [0.2, 0.25) is 0 Å². The number of nitrogens with zero attached hydrogens (tertiary/aromatic N) is 5. The average Bonchev–Trinajstić information content (AvgIpc) is 3.17. The molecule has 6 nitrogen and oxygen atoms in total. The lowest BCUT2D eigenvalue weighted by atomic mass is 9.89. The third kappa shape index (κ3) is 7.63. The second kappa shape index (κ2) is 15.3. The SMILES string of the molecule is C=C1/C=C\C(c2ccc(/N=C(\C(=C)c3cccc(C#N)c3)c3ccccc3)c(N)c2)=C/C/N=C([C@H]2C=CC=CC2)\C(c2cccc(C#N)c2)=N/1. The molecule has 0 radical (unpaired) electrons. The highest BCUT2D eigenvalue weighted by molar-refractivity contribution is 6.49. The Labute approximate surface area is 293 Å². The Hall–Kier alpha value is -6.89.